The van der Waals surface area contributed by atoms with Crippen LogP contribution in [0.25, 0.3) is 0 Å². The first-order chi connectivity index (χ1) is 16.5. The van der Waals surface area contributed by atoms with Gasteiger partial charge in [0.05, 0.1) is 37.7 Å². The molecule has 0 N–H and O–H groups in total. The maximum Gasteiger partial charge on any atom is 0.311 e. The summed E-state index contributed by atoms with van der Waals surface area (Å²) in [5.74, 6) is 0.105. The fourth-order valence-corrected chi connectivity index (χ4v) is 5.99. The highest BCUT2D eigenvalue weighted by Gasteiger charge is 2.49. The number of thiazole rings is 1. The number of ether oxygens (including phenoxy) is 3. The van der Waals surface area contributed by atoms with Gasteiger partial charge < -0.3 is 19.1 Å². The third kappa shape index (κ3) is 5.86. The van der Waals surface area contributed by atoms with Crippen molar-refractivity contribution in [2.24, 2.45) is 11.8 Å². The number of nitrogens with zero attached hydrogens (tertiary/aromatic N) is 2. The summed E-state index contributed by atoms with van der Waals surface area (Å²) in [6.07, 6.45) is 3.08. The molecule has 35 heavy (non-hydrogen) atoms. The van der Waals surface area contributed by atoms with E-state index >= 15 is 0 Å². The molecule has 1 amide bonds. The Labute approximate surface area is 212 Å². The van der Waals surface area contributed by atoms with Gasteiger partial charge in [-0.25, -0.2) is 4.98 Å². The van der Waals surface area contributed by atoms with Gasteiger partial charge in [-0.3, -0.25) is 9.59 Å². The first-order valence-electron chi connectivity index (χ1n) is 12.0. The van der Waals surface area contributed by atoms with Crippen LogP contribution in [0.3, 0.4) is 0 Å². The maximum atomic E-state index is 14.1. The number of methoxy groups -OCH3 is 3. The zero-order chi connectivity index (χ0) is 25.9. The summed E-state index contributed by atoms with van der Waals surface area (Å²) >= 11 is 1.47. The second-order valence-corrected chi connectivity index (χ2v) is 11.7. The average molecular weight is 503 g/mol. The van der Waals surface area contributed by atoms with Crippen LogP contribution in [0.4, 0.5) is 0 Å². The quantitative estimate of drug-likeness (QED) is 0.451. The minimum Gasteiger partial charge on any atom is -0.496 e. The summed E-state index contributed by atoms with van der Waals surface area (Å²) in [6, 6.07) is 5.03. The Hall–Kier alpha value is -2.45. The fourth-order valence-electron chi connectivity index (χ4n) is 4.93. The van der Waals surface area contributed by atoms with Crippen LogP contribution in [0.1, 0.15) is 79.3 Å². The van der Waals surface area contributed by atoms with Gasteiger partial charge >= 0.3 is 5.97 Å². The van der Waals surface area contributed by atoms with E-state index in [1.807, 2.05) is 23.1 Å². The lowest BCUT2D eigenvalue weighted by molar-refractivity contribution is -0.146. The molecule has 1 aromatic carbocycles. The number of hydrogen-bond donors (Lipinski definition) is 0. The Bertz CT molecular complexity index is 1040. The maximum absolute atomic E-state index is 14.1. The molecule has 1 saturated heterocycles. The van der Waals surface area contributed by atoms with Gasteiger partial charge in [0.1, 0.15) is 10.8 Å². The topological polar surface area (TPSA) is 78.0 Å². The Balaban J connectivity index is 2.10. The lowest BCUT2D eigenvalue weighted by Crippen LogP contribution is -2.39. The largest absolute Gasteiger partial charge is 0.496 e. The number of hydrogen-bond acceptors (Lipinski definition) is 7. The highest BCUT2D eigenvalue weighted by molar-refractivity contribution is 7.11. The summed E-state index contributed by atoms with van der Waals surface area (Å²) in [5, 5.41) is 0.727. The van der Waals surface area contributed by atoms with Crippen molar-refractivity contribution < 1.29 is 23.8 Å². The van der Waals surface area contributed by atoms with Crippen molar-refractivity contribution in [1.82, 2.24) is 9.88 Å². The number of amides is 1. The molecular weight excluding hydrogens is 464 g/mol. The molecule has 0 spiro atoms. The third-order valence-corrected chi connectivity index (χ3v) is 7.49. The first-order valence-corrected chi connectivity index (χ1v) is 12.9. The number of esters is 1. The second kappa shape index (κ2) is 11.1. The summed E-state index contributed by atoms with van der Waals surface area (Å²) in [5.41, 5.74) is 1.44. The van der Waals surface area contributed by atoms with Gasteiger partial charge in [-0.2, -0.15) is 0 Å². The van der Waals surface area contributed by atoms with Crippen molar-refractivity contribution in [2.45, 2.75) is 71.6 Å². The molecule has 2 heterocycles. The zero-order valence-corrected chi connectivity index (χ0v) is 22.9. The van der Waals surface area contributed by atoms with Crippen molar-refractivity contribution in [3.63, 3.8) is 0 Å². The number of rotatable bonds is 8. The van der Waals surface area contributed by atoms with Crippen molar-refractivity contribution in [1.29, 1.82) is 0 Å². The predicted octanol–water partition coefficient (Wildman–Crippen LogP) is 5.39. The van der Waals surface area contributed by atoms with Gasteiger partial charge in [0, 0.05) is 24.9 Å². The summed E-state index contributed by atoms with van der Waals surface area (Å²) in [6.45, 7) is 11.0. The van der Waals surface area contributed by atoms with E-state index in [-0.39, 0.29) is 23.3 Å². The van der Waals surface area contributed by atoms with Crippen LogP contribution in [0.5, 0.6) is 5.75 Å². The number of aromatic nitrogens is 1. The fraction of sp³-hybridized carbons (Fsp3) is 0.593. The Morgan fingerprint density at radius 2 is 1.91 bits per heavy atom. The molecule has 3 atom stereocenters. The summed E-state index contributed by atoms with van der Waals surface area (Å²) in [4.78, 5) is 34.4. The van der Waals surface area contributed by atoms with Crippen molar-refractivity contribution in [3.8, 4) is 5.75 Å². The Morgan fingerprint density at radius 3 is 2.49 bits per heavy atom. The number of likely N-dealkylation sites (tertiary alicyclic amines) is 1. The zero-order valence-electron chi connectivity index (χ0n) is 22.1. The van der Waals surface area contributed by atoms with E-state index in [0.29, 0.717) is 30.3 Å². The molecule has 0 bridgehead atoms. The Morgan fingerprint density at radius 1 is 1.20 bits per heavy atom. The van der Waals surface area contributed by atoms with Crippen molar-refractivity contribution >= 4 is 23.2 Å². The van der Waals surface area contributed by atoms with E-state index in [1.165, 1.54) is 18.4 Å². The smallest absolute Gasteiger partial charge is 0.311 e. The molecule has 8 heteroatoms. The molecule has 0 saturated carbocycles. The highest BCUT2D eigenvalue weighted by Crippen LogP contribution is 2.46. The Kier molecular flexibility index (Phi) is 8.59. The molecule has 2 aromatic rings. The van der Waals surface area contributed by atoms with E-state index in [0.717, 1.165) is 21.9 Å². The van der Waals surface area contributed by atoms with E-state index in [9.17, 15) is 9.59 Å². The number of carbonyl (C=O) groups is 2. The predicted molar refractivity (Wildman–Crippen MR) is 137 cm³/mol. The summed E-state index contributed by atoms with van der Waals surface area (Å²) in [7, 11) is 4.66. The van der Waals surface area contributed by atoms with Crippen LogP contribution in [0.2, 0.25) is 0 Å². The van der Waals surface area contributed by atoms with E-state index in [1.54, 1.807) is 20.4 Å². The highest BCUT2D eigenvalue weighted by atomic mass is 32.1. The van der Waals surface area contributed by atoms with Gasteiger partial charge in [-0.15, -0.1) is 11.3 Å². The third-order valence-electron chi connectivity index (χ3n) is 6.45. The van der Waals surface area contributed by atoms with Crippen LogP contribution in [0.15, 0.2) is 24.4 Å². The van der Waals surface area contributed by atoms with Crippen LogP contribution < -0.4 is 4.74 Å². The molecule has 1 aromatic heterocycles. The second-order valence-electron chi connectivity index (χ2n) is 10.6. The van der Waals surface area contributed by atoms with Gasteiger partial charge in [0.15, 0.2) is 0 Å². The molecule has 0 radical (unpaired) electrons. The number of benzene rings is 1. The molecule has 1 fully saturated rings. The van der Waals surface area contributed by atoms with Crippen molar-refractivity contribution in [3.05, 3.63) is 45.4 Å². The lowest BCUT2D eigenvalue weighted by Gasteiger charge is -2.31. The van der Waals surface area contributed by atoms with Crippen LogP contribution in [0, 0.1) is 11.8 Å². The van der Waals surface area contributed by atoms with Gasteiger partial charge in [-0.1, -0.05) is 40.7 Å². The van der Waals surface area contributed by atoms with Gasteiger partial charge in [0.2, 0.25) is 0 Å². The van der Waals surface area contributed by atoms with E-state index in [2.05, 4.69) is 39.6 Å². The van der Waals surface area contributed by atoms with Crippen LogP contribution >= 0.6 is 11.3 Å². The number of carbonyl (C=O) groups excluding carboxylic acids is 2. The average Bonchev–Trinajstić information content (AvgIpc) is 3.41. The summed E-state index contributed by atoms with van der Waals surface area (Å²) < 4.78 is 16.1. The van der Waals surface area contributed by atoms with Crippen molar-refractivity contribution in [2.75, 3.05) is 21.3 Å². The minimum absolute atomic E-state index is 0.111. The minimum atomic E-state index is -0.498. The molecule has 3 rings (SSSR count). The van der Waals surface area contributed by atoms with Crippen LogP contribution in [-0.4, -0.2) is 49.1 Å². The van der Waals surface area contributed by atoms with Crippen LogP contribution in [-0.2, 0) is 26.3 Å². The van der Waals surface area contributed by atoms with E-state index in [4.69, 9.17) is 14.2 Å². The molecule has 7 nitrogen and oxygen atoms in total. The first kappa shape index (κ1) is 27.1. The monoisotopic (exact) mass is 502 g/mol. The molecule has 0 aliphatic carbocycles. The van der Waals surface area contributed by atoms with Gasteiger partial charge in [0.25, 0.3) is 5.91 Å². The molecule has 192 valence electrons. The molecular formula is C27H38N2O5S. The lowest BCUT2D eigenvalue weighted by atomic mass is 9.85. The van der Waals surface area contributed by atoms with E-state index < -0.39 is 12.0 Å². The molecule has 0 unspecified atom stereocenters. The molecule has 1 aliphatic heterocycles. The standard InChI is InChI=1S/C27H38N2O5S/c1-16(2)11-18-13-20(26(31)34-8)23(24-28-14-19(35-24)15-32-6)29(18)25(30)17-9-10-21(27(3,4)5)22(12-17)33-7/h9-10,12,14,16,18,20,23H,11,13,15H2,1-8H3/t18-,20-,23+/m0/s1. The molecule has 1 aliphatic rings. The van der Waals surface area contributed by atoms with Gasteiger partial charge in [-0.05, 0) is 41.9 Å². The SMILES string of the molecule is COCc1cnc([C@H]2[C@@H](C(=O)OC)C[C@H](CC(C)C)N2C(=O)c2ccc(C(C)(C)C)c(OC)c2)s1. The normalized spacial score (nSPS) is 20.4.